The Hall–Kier alpha value is -1.91. The van der Waals surface area contributed by atoms with Crippen molar-refractivity contribution in [1.82, 2.24) is 5.32 Å². The van der Waals surface area contributed by atoms with Gasteiger partial charge in [-0.05, 0) is 36.1 Å². The van der Waals surface area contributed by atoms with Gasteiger partial charge in [0, 0.05) is 42.8 Å². The number of alkyl halides is 2. The molecule has 0 radical (unpaired) electrons. The Kier molecular flexibility index (Phi) is 4.14. The SMILES string of the molecule is CN/C=C(\C=N)c1cc2c(cc1C(F)F)NCCC2. The van der Waals surface area contributed by atoms with E-state index in [1.807, 2.05) is 0 Å². The minimum absolute atomic E-state index is 0.0295. The zero-order valence-corrected chi connectivity index (χ0v) is 10.8. The highest BCUT2D eigenvalue weighted by Gasteiger charge is 2.19. The van der Waals surface area contributed by atoms with Gasteiger partial charge in [0.15, 0.2) is 0 Å². The van der Waals surface area contributed by atoms with Crippen LogP contribution in [0.3, 0.4) is 0 Å². The van der Waals surface area contributed by atoms with Gasteiger partial charge < -0.3 is 16.0 Å². The molecule has 1 aromatic carbocycles. The highest BCUT2D eigenvalue weighted by Crippen LogP contribution is 2.34. The van der Waals surface area contributed by atoms with Crippen molar-refractivity contribution in [2.75, 3.05) is 18.9 Å². The summed E-state index contributed by atoms with van der Waals surface area (Å²) < 4.78 is 26.4. The molecule has 0 aromatic heterocycles. The number of aryl methyl sites for hydroxylation is 1. The van der Waals surface area contributed by atoms with E-state index in [1.54, 1.807) is 19.3 Å². The number of hydrogen-bond acceptors (Lipinski definition) is 3. The van der Waals surface area contributed by atoms with Gasteiger partial charge in [0.2, 0.25) is 0 Å². The maximum atomic E-state index is 13.2. The minimum Gasteiger partial charge on any atom is -0.393 e. The first-order chi connectivity index (χ1) is 9.17. The van der Waals surface area contributed by atoms with Crippen LogP contribution in [0.5, 0.6) is 0 Å². The van der Waals surface area contributed by atoms with Crippen LogP contribution in [-0.4, -0.2) is 19.8 Å². The van der Waals surface area contributed by atoms with Gasteiger partial charge in [-0.1, -0.05) is 0 Å². The fourth-order valence-electron chi connectivity index (χ4n) is 2.32. The molecule has 0 unspecified atom stereocenters. The third-order valence-electron chi connectivity index (χ3n) is 3.22. The van der Waals surface area contributed by atoms with Crippen LogP contribution in [0, 0.1) is 5.41 Å². The molecule has 2 rings (SSSR count). The Morgan fingerprint density at radius 1 is 1.47 bits per heavy atom. The smallest absolute Gasteiger partial charge is 0.264 e. The summed E-state index contributed by atoms with van der Waals surface area (Å²) in [5.74, 6) is 0. The van der Waals surface area contributed by atoms with Gasteiger partial charge in [-0.3, -0.25) is 0 Å². The molecular weight excluding hydrogens is 248 g/mol. The fraction of sp³-hybridized carbons (Fsp3) is 0.357. The predicted octanol–water partition coefficient (Wildman–Crippen LogP) is 3.19. The zero-order chi connectivity index (χ0) is 13.8. The highest BCUT2D eigenvalue weighted by molar-refractivity contribution is 6.09. The van der Waals surface area contributed by atoms with Crippen LogP contribution in [0.15, 0.2) is 18.3 Å². The molecule has 0 spiro atoms. The molecule has 3 nitrogen and oxygen atoms in total. The average Bonchev–Trinajstić information content (AvgIpc) is 2.43. The van der Waals surface area contributed by atoms with Crippen molar-refractivity contribution in [2.24, 2.45) is 0 Å². The second kappa shape index (κ2) is 5.82. The molecule has 1 aromatic rings. The molecule has 0 saturated carbocycles. The van der Waals surface area contributed by atoms with Gasteiger partial charge in [0.25, 0.3) is 6.43 Å². The number of hydrogen-bond donors (Lipinski definition) is 3. The van der Waals surface area contributed by atoms with E-state index in [9.17, 15) is 8.78 Å². The first-order valence-corrected chi connectivity index (χ1v) is 6.24. The van der Waals surface area contributed by atoms with E-state index in [0.717, 1.165) is 36.9 Å². The summed E-state index contributed by atoms with van der Waals surface area (Å²) in [5.41, 5.74) is 2.69. The molecule has 0 atom stereocenters. The standard InChI is InChI=1S/C14H17F2N3/c1-18-8-10(7-17)11-5-9-3-2-4-19-13(9)6-12(11)14(15)16/h5-8,14,17-19H,2-4H2,1H3/b10-8+,17-7?. The molecule has 0 aliphatic carbocycles. The van der Waals surface area contributed by atoms with Gasteiger partial charge in [-0.25, -0.2) is 8.78 Å². The van der Waals surface area contributed by atoms with Crippen LogP contribution in [0.25, 0.3) is 5.57 Å². The van der Waals surface area contributed by atoms with Crippen molar-refractivity contribution in [3.63, 3.8) is 0 Å². The largest absolute Gasteiger partial charge is 0.393 e. The lowest BCUT2D eigenvalue weighted by molar-refractivity contribution is 0.151. The van der Waals surface area contributed by atoms with Crippen LogP contribution >= 0.6 is 0 Å². The minimum atomic E-state index is -2.55. The van der Waals surface area contributed by atoms with Crippen molar-refractivity contribution in [2.45, 2.75) is 19.3 Å². The number of fused-ring (bicyclic) bond motifs is 1. The lowest BCUT2D eigenvalue weighted by atomic mass is 9.93. The summed E-state index contributed by atoms with van der Waals surface area (Å²) >= 11 is 0. The maximum absolute atomic E-state index is 13.2. The average molecular weight is 265 g/mol. The monoisotopic (exact) mass is 265 g/mol. The normalized spacial score (nSPS) is 14.8. The van der Waals surface area contributed by atoms with E-state index in [1.165, 1.54) is 6.07 Å². The van der Waals surface area contributed by atoms with Crippen LogP contribution in [-0.2, 0) is 6.42 Å². The molecular formula is C14H17F2N3. The molecule has 3 N–H and O–H groups in total. The van der Waals surface area contributed by atoms with Gasteiger partial charge in [0.1, 0.15) is 0 Å². The van der Waals surface area contributed by atoms with Crippen LogP contribution < -0.4 is 10.6 Å². The van der Waals surface area contributed by atoms with E-state index in [0.29, 0.717) is 11.1 Å². The third-order valence-corrected chi connectivity index (χ3v) is 3.22. The van der Waals surface area contributed by atoms with Crippen LogP contribution in [0.4, 0.5) is 14.5 Å². The fourth-order valence-corrected chi connectivity index (χ4v) is 2.32. The zero-order valence-electron chi connectivity index (χ0n) is 10.8. The Labute approximate surface area is 111 Å². The summed E-state index contributed by atoms with van der Waals surface area (Å²) in [6.07, 6.45) is 1.99. The van der Waals surface area contributed by atoms with Crippen LogP contribution in [0.2, 0.25) is 0 Å². The van der Waals surface area contributed by atoms with Crippen molar-refractivity contribution in [3.05, 3.63) is 35.0 Å². The van der Waals surface area contributed by atoms with Gasteiger partial charge in [-0.2, -0.15) is 0 Å². The Morgan fingerprint density at radius 2 is 2.26 bits per heavy atom. The summed E-state index contributed by atoms with van der Waals surface area (Å²) in [6, 6.07) is 3.29. The summed E-state index contributed by atoms with van der Waals surface area (Å²) in [7, 11) is 1.69. The second-order valence-corrected chi connectivity index (χ2v) is 4.46. The number of nitrogens with one attached hydrogen (secondary N) is 3. The van der Waals surface area contributed by atoms with E-state index >= 15 is 0 Å². The topological polar surface area (TPSA) is 47.9 Å². The van der Waals surface area contributed by atoms with Crippen molar-refractivity contribution in [3.8, 4) is 0 Å². The maximum Gasteiger partial charge on any atom is 0.264 e. The highest BCUT2D eigenvalue weighted by atomic mass is 19.3. The molecule has 1 aliphatic heterocycles. The molecule has 0 saturated heterocycles. The molecule has 0 fully saturated rings. The van der Waals surface area contributed by atoms with E-state index in [-0.39, 0.29) is 5.56 Å². The molecule has 1 aliphatic rings. The van der Waals surface area contributed by atoms with Gasteiger partial charge in [-0.15, -0.1) is 0 Å². The summed E-state index contributed by atoms with van der Waals surface area (Å²) in [6.45, 7) is 0.818. The molecule has 1 heterocycles. The van der Waals surface area contributed by atoms with E-state index in [2.05, 4.69) is 10.6 Å². The number of halogens is 2. The second-order valence-electron chi connectivity index (χ2n) is 4.46. The predicted molar refractivity (Wildman–Crippen MR) is 74.0 cm³/mol. The molecule has 0 amide bonds. The Bertz CT molecular complexity index is 510. The molecule has 19 heavy (non-hydrogen) atoms. The molecule has 102 valence electrons. The molecule has 0 bridgehead atoms. The lowest BCUT2D eigenvalue weighted by Gasteiger charge is -2.21. The van der Waals surface area contributed by atoms with Crippen molar-refractivity contribution >= 4 is 17.5 Å². The number of benzene rings is 1. The van der Waals surface area contributed by atoms with Gasteiger partial charge in [0.05, 0.1) is 0 Å². The van der Waals surface area contributed by atoms with Gasteiger partial charge >= 0.3 is 0 Å². The summed E-state index contributed by atoms with van der Waals surface area (Å²) in [5, 5.41) is 13.3. The van der Waals surface area contributed by atoms with E-state index in [4.69, 9.17) is 5.41 Å². The quantitative estimate of drug-likeness (QED) is 0.732. The Morgan fingerprint density at radius 3 is 2.89 bits per heavy atom. The lowest BCUT2D eigenvalue weighted by Crippen LogP contribution is -2.13. The van der Waals surface area contributed by atoms with Crippen LogP contribution in [0.1, 0.15) is 29.5 Å². The van der Waals surface area contributed by atoms with Crippen molar-refractivity contribution in [1.29, 1.82) is 5.41 Å². The Balaban J connectivity index is 2.57. The number of allylic oxidation sites excluding steroid dienone is 1. The van der Waals surface area contributed by atoms with Crippen molar-refractivity contribution < 1.29 is 8.78 Å². The van der Waals surface area contributed by atoms with E-state index < -0.39 is 6.43 Å². The first kappa shape index (κ1) is 13.5. The molecule has 5 heteroatoms. The number of anilines is 1. The first-order valence-electron chi connectivity index (χ1n) is 6.24. The summed E-state index contributed by atoms with van der Waals surface area (Å²) in [4.78, 5) is 0. The number of rotatable bonds is 4. The third kappa shape index (κ3) is 2.75.